The van der Waals surface area contributed by atoms with Crippen LogP contribution < -0.4 is 10.5 Å². The monoisotopic (exact) mass is 257 g/mol. The van der Waals surface area contributed by atoms with Gasteiger partial charge in [-0.1, -0.05) is 22.0 Å². The number of alkyl halides is 1. The largest absolute Gasteiger partial charge is 0.496 e. The molecule has 0 fully saturated rings. The highest BCUT2D eigenvalue weighted by atomic mass is 79.9. The SMILES string of the molecule is COc1cc(C(N)=O)ccc1CCBr. The van der Waals surface area contributed by atoms with Crippen molar-refractivity contribution in [3.8, 4) is 5.75 Å². The lowest BCUT2D eigenvalue weighted by Gasteiger charge is -2.07. The Balaban J connectivity index is 3.04. The van der Waals surface area contributed by atoms with E-state index in [4.69, 9.17) is 10.5 Å². The summed E-state index contributed by atoms with van der Waals surface area (Å²) in [6, 6.07) is 5.24. The zero-order valence-corrected chi connectivity index (χ0v) is 9.50. The van der Waals surface area contributed by atoms with Crippen molar-refractivity contribution in [1.29, 1.82) is 0 Å². The minimum absolute atomic E-state index is 0.436. The van der Waals surface area contributed by atoms with Gasteiger partial charge >= 0.3 is 0 Å². The van der Waals surface area contributed by atoms with Gasteiger partial charge in [-0.3, -0.25) is 4.79 Å². The van der Waals surface area contributed by atoms with Crippen molar-refractivity contribution in [2.45, 2.75) is 6.42 Å². The lowest BCUT2D eigenvalue weighted by atomic mass is 10.1. The molecule has 0 saturated carbocycles. The van der Waals surface area contributed by atoms with Gasteiger partial charge in [0.25, 0.3) is 0 Å². The molecule has 0 aliphatic carbocycles. The predicted octanol–water partition coefficient (Wildman–Crippen LogP) is 1.73. The van der Waals surface area contributed by atoms with Crippen LogP contribution in [0.4, 0.5) is 0 Å². The van der Waals surface area contributed by atoms with Crippen LogP contribution in [-0.4, -0.2) is 18.3 Å². The summed E-state index contributed by atoms with van der Waals surface area (Å²) in [6.45, 7) is 0. The van der Waals surface area contributed by atoms with Gasteiger partial charge in [-0.05, 0) is 24.1 Å². The van der Waals surface area contributed by atoms with Crippen LogP contribution >= 0.6 is 15.9 Å². The van der Waals surface area contributed by atoms with Crippen LogP contribution in [0, 0.1) is 0 Å². The van der Waals surface area contributed by atoms with E-state index in [1.807, 2.05) is 6.07 Å². The summed E-state index contributed by atoms with van der Waals surface area (Å²) in [7, 11) is 1.58. The van der Waals surface area contributed by atoms with E-state index in [1.165, 1.54) is 0 Å². The Kier molecular flexibility index (Phi) is 3.95. The Bertz CT molecular complexity index is 339. The van der Waals surface area contributed by atoms with Gasteiger partial charge in [-0.2, -0.15) is 0 Å². The predicted molar refractivity (Wildman–Crippen MR) is 59.0 cm³/mol. The van der Waals surface area contributed by atoms with Gasteiger partial charge in [0.1, 0.15) is 5.75 Å². The summed E-state index contributed by atoms with van der Waals surface area (Å²) in [6.07, 6.45) is 0.863. The van der Waals surface area contributed by atoms with Gasteiger partial charge in [0.15, 0.2) is 0 Å². The molecule has 0 bridgehead atoms. The molecule has 0 radical (unpaired) electrons. The molecular weight excluding hydrogens is 246 g/mol. The second kappa shape index (κ2) is 5.00. The highest BCUT2D eigenvalue weighted by Crippen LogP contribution is 2.21. The molecule has 76 valence electrons. The Morgan fingerprint density at radius 2 is 2.29 bits per heavy atom. The van der Waals surface area contributed by atoms with Gasteiger partial charge in [0, 0.05) is 10.9 Å². The fourth-order valence-electron chi connectivity index (χ4n) is 1.21. The first-order valence-corrected chi connectivity index (χ1v) is 5.34. The van der Waals surface area contributed by atoms with Gasteiger partial charge < -0.3 is 10.5 Å². The number of nitrogens with two attached hydrogens (primary N) is 1. The molecule has 0 aromatic heterocycles. The second-order valence-corrected chi connectivity index (χ2v) is 3.62. The van der Waals surface area contributed by atoms with E-state index < -0.39 is 5.91 Å². The maximum absolute atomic E-state index is 10.9. The number of carbonyl (C=O) groups excluding carboxylic acids is 1. The van der Waals surface area contributed by atoms with Crippen molar-refractivity contribution in [2.75, 3.05) is 12.4 Å². The van der Waals surface area contributed by atoms with Crippen LogP contribution in [-0.2, 0) is 6.42 Å². The smallest absolute Gasteiger partial charge is 0.248 e. The lowest BCUT2D eigenvalue weighted by molar-refractivity contribution is 0.1000. The second-order valence-electron chi connectivity index (χ2n) is 2.83. The van der Waals surface area contributed by atoms with Gasteiger partial charge in [0.2, 0.25) is 5.91 Å². The van der Waals surface area contributed by atoms with Gasteiger partial charge in [0.05, 0.1) is 7.11 Å². The van der Waals surface area contributed by atoms with E-state index in [0.29, 0.717) is 11.3 Å². The Morgan fingerprint density at radius 3 is 2.79 bits per heavy atom. The molecule has 1 aromatic carbocycles. The molecule has 0 aliphatic rings. The Morgan fingerprint density at radius 1 is 1.57 bits per heavy atom. The van der Waals surface area contributed by atoms with E-state index in [1.54, 1.807) is 19.2 Å². The third-order valence-electron chi connectivity index (χ3n) is 1.94. The number of rotatable bonds is 4. The molecular formula is C10H12BrNO2. The zero-order valence-electron chi connectivity index (χ0n) is 7.92. The molecule has 2 N–H and O–H groups in total. The first-order chi connectivity index (χ1) is 6.69. The average molecular weight is 258 g/mol. The third-order valence-corrected chi connectivity index (χ3v) is 2.33. The molecule has 1 amide bonds. The van der Waals surface area contributed by atoms with Crippen molar-refractivity contribution in [2.24, 2.45) is 5.73 Å². The number of hydrogen-bond donors (Lipinski definition) is 1. The number of primary amides is 1. The van der Waals surface area contributed by atoms with E-state index in [0.717, 1.165) is 17.3 Å². The number of carbonyl (C=O) groups is 1. The standard InChI is InChI=1S/C10H12BrNO2/c1-14-9-6-8(10(12)13)3-2-7(9)4-5-11/h2-3,6H,4-5H2,1H3,(H2,12,13). The maximum atomic E-state index is 10.9. The van der Waals surface area contributed by atoms with Crippen molar-refractivity contribution in [3.05, 3.63) is 29.3 Å². The van der Waals surface area contributed by atoms with E-state index >= 15 is 0 Å². The molecule has 3 nitrogen and oxygen atoms in total. The zero-order chi connectivity index (χ0) is 10.6. The molecule has 4 heteroatoms. The summed E-state index contributed by atoms with van der Waals surface area (Å²) in [5, 5.41) is 0.860. The molecule has 1 rings (SSSR count). The summed E-state index contributed by atoms with van der Waals surface area (Å²) >= 11 is 3.35. The number of halogens is 1. The summed E-state index contributed by atoms with van der Waals surface area (Å²) < 4.78 is 5.16. The van der Waals surface area contributed by atoms with Crippen LogP contribution in [0.25, 0.3) is 0 Å². The number of methoxy groups -OCH3 is 1. The average Bonchev–Trinajstić information content (AvgIpc) is 2.18. The summed E-state index contributed by atoms with van der Waals surface area (Å²) in [4.78, 5) is 10.9. The number of ether oxygens (including phenoxy) is 1. The van der Waals surface area contributed by atoms with Crippen molar-refractivity contribution >= 4 is 21.8 Å². The van der Waals surface area contributed by atoms with Crippen molar-refractivity contribution in [1.82, 2.24) is 0 Å². The molecule has 0 unspecified atom stereocenters. The van der Waals surface area contributed by atoms with Crippen molar-refractivity contribution < 1.29 is 9.53 Å². The number of hydrogen-bond acceptors (Lipinski definition) is 2. The van der Waals surface area contributed by atoms with Gasteiger partial charge in [-0.15, -0.1) is 0 Å². The summed E-state index contributed by atoms with van der Waals surface area (Å²) in [5.41, 5.74) is 6.69. The first-order valence-electron chi connectivity index (χ1n) is 4.21. The number of benzene rings is 1. The highest BCUT2D eigenvalue weighted by molar-refractivity contribution is 9.09. The van der Waals surface area contributed by atoms with Crippen LogP contribution in [0.1, 0.15) is 15.9 Å². The summed E-state index contributed by atoms with van der Waals surface area (Å²) in [5.74, 6) is 0.273. The number of aryl methyl sites for hydroxylation is 1. The van der Waals surface area contributed by atoms with Crippen LogP contribution in [0.15, 0.2) is 18.2 Å². The number of amides is 1. The molecule has 0 saturated heterocycles. The Hall–Kier alpha value is -1.03. The molecule has 1 aromatic rings. The fourth-order valence-corrected chi connectivity index (χ4v) is 1.63. The highest BCUT2D eigenvalue weighted by Gasteiger charge is 2.06. The topological polar surface area (TPSA) is 52.3 Å². The molecule has 0 aliphatic heterocycles. The van der Waals surface area contributed by atoms with Crippen LogP contribution in [0.3, 0.4) is 0 Å². The van der Waals surface area contributed by atoms with Crippen molar-refractivity contribution in [3.63, 3.8) is 0 Å². The normalized spacial score (nSPS) is 9.86. The van der Waals surface area contributed by atoms with E-state index in [9.17, 15) is 4.79 Å². The Labute approximate surface area is 91.4 Å². The fraction of sp³-hybridized carbons (Fsp3) is 0.300. The van der Waals surface area contributed by atoms with Crippen LogP contribution in [0.5, 0.6) is 5.75 Å². The van der Waals surface area contributed by atoms with E-state index in [-0.39, 0.29) is 0 Å². The lowest BCUT2D eigenvalue weighted by Crippen LogP contribution is -2.11. The molecule has 0 heterocycles. The minimum Gasteiger partial charge on any atom is -0.496 e. The van der Waals surface area contributed by atoms with E-state index in [2.05, 4.69) is 15.9 Å². The molecule has 14 heavy (non-hydrogen) atoms. The van der Waals surface area contributed by atoms with Crippen LogP contribution in [0.2, 0.25) is 0 Å². The van der Waals surface area contributed by atoms with Gasteiger partial charge in [-0.25, -0.2) is 0 Å². The maximum Gasteiger partial charge on any atom is 0.248 e. The quantitative estimate of drug-likeness (QED) is 0.836. The molecule has 0 spiro atoms. The minimum atomic E-state index is -0.436. The first kappa shape index (κ1) is 11.0. The third kappa shape index (κ3) is 2.48. The molecule has 0 atom stereocenters.